The molecular formula is C23H23BrN2O4. The highest BCUT2D eigenvalue weighted by Crippen LogP contribution is 2.24. The standard InChI is InChI=1S/C23H23BrN2O4/c1-23(2,3)30-20(27)13-26-22(29)17-12-25-19-10-15(9-14-7-5-4-6-8-14)18(24)11-16(19)21(17)28/h4-8,10-12H,9,13H2,1-3H3,(H,25,28)(H,26,29). The smallest absolute Gasteiger partial charge is 0.325 e. The summed E-state index contributed by atoms with van der Waals surface area (Å²) in [4.78, 5) is 40.1. The normalized spacial score (nSPS) is 11.3. The molecule has 7 heteroatoms. The van der Waals surface area contributed by atoms with Crippen molar-refractivity contribution >= 4 is 38.7 Å². The molecule has 1 aromatic heterocycles. The van der Waals surface area contributed by atoms with Crippen LogP contribution in [0.25, 0.3) is 10.9 Å². The molecule has 0 radical (unpaired) electrons. The molecule has 2 aromatic carbocycles. The number of ether oxygens (including phenoxy) is 1. The highest BCUT2D eigenvalue weighted by Gasteiger charge is 2.19. The van der Waals surface area contributed by atoms with Gasteiger partial charge in [-0.2, -0.15) is 0 Å². The Morgan fingerprint density at radius 1 is 1.13 bits per heavy atom. The number of rotatable bonds is 5. The van der Waals surface area contributed by atoms with Gasteiger partial charge in [0.15, 0.2) is 0 Å². The number of halogens is 1. The van der Waals surface area contributed by atoms with E-state index in [1.54, 1.807) is 26.8 Å². The zero-order valence-corrected chi connectivity index (χ0v) is 18.6. The Kier molecular flexibility index (Phi) is 6.41. The number of nitrogens with one attached hydrogen (secondary N) is 2. The number of pyridine rings is 1. The molecule has 0 aliphatic carbocycles. The van der Waals surface area contributed by atoms with Crippen molar-refractivity contribution in [3.05, 3.63) is 80.0 Å². The molecule has 2 N–H and O–H groups in total. The number of hydrogen-bond donors (Lipinski definition) is 2. The van der Waals surface area contributed by atoms with Crippen molar-refractivity contribution in [3.8, 4) is 0 Å². The van der Waals surface area contributed by atoms with Gasteiger partial charge in [-0.25, -0.2) is 0 Å². The van der Waals surface area contributed by atoms with E-state index in [0.29, 0.717) is 17.3 Å². The van der Waals surface area contributed by atoms with Gasteiger partial charge >= 0.3 is 5.97 Å². The van der Waals surface area contributed by atoms with E-state index < -0.39 is 22.9 Å². The van der Waals surface area contributed by atoms with E-state index >= 15 is 0 Å². The van der Waals surface area contributed by atoms with Gasteiger partial charge in [0.25, 0.3) is 5.91 Å². The summed E-state index contributed by atoms with van der Waals surface area (Å²) < 4.78 is 5.94. The van der Waals surface area contributed by atoms with Crippen LogP contribution in [0.15, 0.2) is 57.9 Å². The van der Waals surface area contributed by atoms with Gasteiger partial charge in [0.1, 0.15) is 17.7 Å². The SMILES string of the molecule is CC(C)(C)OC(=O)CNC(=O)c1c[nH]c2cc(Cc3ccccc3)c(Br)cc2c1=O. The maximum absolute atomic E-state index is 12.8. The summed E-state index contributed by atoms with van der Waals surface area (Å²) in [5.41, 5.74) is 1.69. The molecule has 3 rings (SSSR count). The average Bonchev–Trinajstić information content (AvgIpc) is 2.67. The number of amides is 1. The van der Waals surface area contributed by atoms with Crippen molar-refractivity contribution in [2.75, 3.05) is 6.54 Å². The first-order valence-corrected chi connectivity index (χ1v) is 10.3. The lowest BCUT2D eigenvalue weighted by atomic mass is 10.0. The lowest BCUT2D eigenvalue weighted by molar-refractivity contribution is -0.153. The first kappa shape index (κ1) is 21.8. The minimum atomic E-state index is -0.647. The fourth-order valence-electron chi connectivity index (χ4n) is 3.03. The van der Waals surface area contributed by atoms with Crippen molar-refractivity contribution in [2.24, 2.45) is 0 Å². The maximum atomic E-state index is 12.8. The number of aromatic amines is 1. The minimum absolute atomic E-state index is 0.0613. The number of esters is 1. The number of carbonyl (C=O) groups is 2. The van der Waals surface area contributed by atoms with Gasteiger partial charge in [-0.05, 0) is 50.5 Å². The van der Waals surface area contributed by atoms with E-state index in [4.69, 9.17) is 4.74 Å². The summed E-state index contributed by atoms with van der Waals surface area (Å²) >= 11 is 3.53. The molecule has 1 heterocycles. The van der Waals surface area contributed by atoms with Gasteiger partial charge in [0.2, 0.25) is 5.43 Å². The Labute approximate surface area is 182 Å². The van der Waals surface area contributed by atoms with Gasteiger partial charge in [0, 0.05) is 21.6 Å². The highest BCUT2D eigenvalue weighted by molar-refractivity contribution is 9.10. The molecule has 0 saturated heterocycles. The van der Waals surface area contributed by atoms with Crippen LogP contribution in [0.3, 0.4) is 0 Å². The minimum Gasteiger partial charge on any atom is -0.459 e. The number of carbonyl (C=O) groups excluding carboxylic acids is 2. The van der Waals surface area contributed by atoms with Crippen molar-refractivity contribution in [1.29, 1.82) is 0 Å². The number of H-pyrrole nitrogens is 1. The summed E-state index contributed by atoms with van der Waals surface area (Å²) in [6.07, 6.45) is 2.08. The Morgan fingerprint density at radius 2 is 1.83 bits per heavy atom. The van der Waals surface area contributed by atoms with Crippen LogP contribution in [0, 0.1) is 0 Å². The van der Waals surface area contributed by atoms with Gasteiger partial charge in [-0.1, -0.05) is 46.3 Å². The molecule has 0 saturated carbocycles. The molecule has 0 atom stereocenters. The Balaban J connectivity index is 1.82. The van der Waals surface area contributed by atoms with E-state index in [1.165, 1.54) is 6.20 Å². The van der Waals surface area contributed by atoms with E-state index in [0.717, 1.165) is 15.6 Å². The molecule has 6 nitrogen and oxygen atoms in total. The molecule has 0 aliphatic rings. The lowest BCUT2D eigenvalue weighted by Gasteiger charge is -2.19. The monoisotopic (exact) mass is 470 g/mol. The Bertz CT molecular complexity index is 1150. The second-order valence-electron chi connectivity index (χ2n) is 7.95. The van der Waals surface area contributed by atoms with Crippen LogP contribution in [-0.4, -0.2) is 29.0 Å². The third-order valence-electron chi connectivity index (χ3n) is 4.34. The lowest BCUT2D eigenvalue weighted by Crippen LogP contribution is -2.36. The first-order chi connectivity index (χ1) is 14.1. The molecular weight excluding hydrogens is 448 g/mol. The van der Waals surface area contributed by atoms with Gasteiger partial charge < -0.3 is 15.0 Å². The van der Waals surface area contributed by atoms with Crippen LogP contribution >= 0.6 is 15.9 Å². The number of aromatic nitrogens is 1. The molecule has 0 unspecified atom stereocenters. The summed E-state index contributed by atoms with van der Waals surface area (Å²) in [5.74, 6) is -1.20. The van der Waals surface area contributed by atoms with Crippen LogP contribution in [0.4, 0.5) is 0 Å². The van der Waals surface area contributed by atoms with Crippen molar-refractivity contribution in [3.63, 3.8) is 0 Å². The summed E-state index contributed by atoms with van der Waals surface area (Å²) in [6.45, 7) is 4.91. The first-order valence-electron chi connectivity index (χ1n) is 9.52. The van der Waals surface area contributed by atoms with Crippen LogP contribution in [0.1, 0.15) is 42.3 Å². The van der Waals surface area contributed by atoms with Gasteiger partial charge in [-0.3, -0.25) is 14.4 Å². The number of hydrogen-bond acceptors (Lipinski definition) is 4. The molecule has 0 fully saturated rings. The quantitative estimate of drug-likeness (QED) is 0.552. The molecule has 0 bridgehead atoms. The fourth-order valence-corrected chi connectivity index (χ4v) is 3.51. The maximum Gasteiger partial charge on any atom is 0.325 e. The zero-order valence-electron chi connectivity index (χ0n) is 17.0. The number of fused-ring (bicyclic) bond motifs is 1. The molecule has 3 aromatic rings. The largest absolute Gasteiger partial charge is 0.459 e. The molecule has 1 amide bonds. The zero-order chi connectivity index (χ0) is 21.9. The highest BCUT2D eigenvalue weighted by atomic mass is 79.9. The van der Waals surface area contributed by atoms with Crippen molar-refractivity contribution in [2.45, 2.75) is 32.8 Å². The van der Waals surface area contributed by atoms with E-state index in [1.807, 2.05) is 36.4 Å². The van der Waals surface area contributed by atoms with Gasteiger partial charge in [-0.15, -0.1) is 0 Å². The van der Waals surface area contributed by atoms with Crippen molar-refractivity contribution < 1.29 is 14.3 Å². The number of benzene rings is 2. The predicted molar refractivity (Wildman–Crippen MR) is 120 cm³/mol. The molecule has 0 spiro atoms. The Morgan fingerprint density at radius 3 is 2.50 bits per heavy atom. The third-order valence-corrected chi connectivity index (χ3v) is 5.08. The van der Waals surface area contributed by atoms with Crippen LogP contribution in [0.2, 0.25) is 0 Å². The molecule has 0 aliphatic heterocycles. The third kappa shape index (κ3) is 5.36. The predicted octanol–water partition coefficient (Wildman–Crippen LogP) is 3.95. The second-order valence-corrected chi connectivity index (χ2v) is 8.81. The van der Waals surface area contributed by atoms with Crippen LogP contribution in [-0.2, 0) is 16.0 Å². The summed E-state index contributed by atoms with van der Waals surface area (Å²) in [7, 11) is 0. The molecule has 156 valence electrons. The van der Waals surface area contributed by atoms with E-state index in [-0.39, 0.29) is 12.1 Å². The van der Waals surface area contributed by atoms with Crippen molar-refractivity contribution in [1.82, 2.24) is 10.3 Å². The molecule has 30 heavy (non-hydrogen) atoms. The average molecular weight is 471 g/mol. The topological polar surface area (TPSA) is 88.3 Å². The van der Waals surface area contributed by atoms with E-state index in [9.17, 15) is 14.4 Å². The summed E-state index contributed by atoms with van der Waals surface area (Å²) in [6, 6.07) is 13.6. The fraction of sp³-hybridized carbons (Fsp3) is 0.261. The van der Waals surface area contributed by atoms with Crippen LogP contribution in [0.5, 0.6) is 0 Å². The van der Waals surface area contributed by atoms with E-state index in [2.05, 4.69) is 26.2 Å². The second kappa shape index (κ2) is 8.83. The van der Waals surface area contributed by atoms with Gasteiger partial charge in [0.05, 0.1) is 0 Å². The van der Waals surface area contributed by atoms with Crippen LogP contribution < -0.4 is 10.7 Å². The summed E-state index contributed by atoms with van der Waals surface area (Å²) in [5, 5.41) is 2.83. The Hall–Kier alpha value is -2.93.